The molecule has 0 aliphatic heterocycles. The molecule has 0 aliphatic carbocycles. The minimum Gasteiger partial charge on any atom is -0.493 e. The number of benzene rings is 2. The highest BCUT2D eigenvalue weighted by Crippen LogP contribution is 2.40. The van der Waals surface area contributed by atoms with Crippen LogP contribution in [-0.2, 0) is 15.7 Å². The number of unbranched alkanes of at least 4 members (excludes halogenated alkanes) is 1. The van der Waals surface area contributed by atoms with E-state index in [4.69, 9.17) is 23.4 Å². The third-order valence-electron chi connectivity index (χ3n) is 4.91. The molecule has 0 radical (unpaired) electrons. The van der Waals surface area contributed by atoms with E-state index in [0.717, 1.165) is 12.5 Å². The van der Waals surface area contributed by atoms with Crippen LogP contribution in [0.3, 0.4) is 0 Å². The van der Waals surface area contributed by atoms with Gasteiger partial charge in [0.15, 0.2) is 18.1 Å². The number of carbonyl (C=O) groups excluding carboxylic acids is 1. The summed E-state index contributed by atoms with van der Waals surface area (Å²) in [6.07, 6.45) is -3.41. The van der Waals surface area contributed by atoms with Crippen LogP contribution in [-0.4, -0.2) is 33.4 Å². The van der Waals surface area contributed by atoms with Gasteiger partial charge in [-0.1, -0.05) is 19.4 Å². The third kappa shape index (κ3) is 5.44. The van der Waals surface area contributed by atoms with Crippen molar-refractivity contribution < 1.29 is 41.3 Å². The van der Waals surface area contributed by atoms with Gasteiger partial charge in [0.2, 0.25) is 11.2 Å². The van der Waals surface area contributed by atoms with E-state index < -0.39 is 35.5 Å². The lowest BCUT2D eigenvalue weighted by Crippen LogP contribution is -2.17. The van der Waals surface area contributed by atoms with Crippen molar-refractivity contribution in [3.8, 4) is 28.4 Å². The van der Waals surface area contributed by atoms with Crippen LogP contribution < -0.4 is 19.6 Å². The summed E-state index contributed by atoms with van der Waals surface area (Å²) in [5.74, 6) is -1.58. The summed E-state index contributed by atoms with van der Waals surface area (Å²) in [5.41, 5.74) is -1.92. The second kappa shape index (κ2) is 10.5. The molecular formula is C24H23F3O7. The number of methoxy groups -OCH3 is 2. The van der Waals surface area contributed by atoms with E-state index in [0.29, 0.717) is 12.2 Å². The van der Waals surface area contributed by atoms with Crippen LogP contribution in [0, 0.1) is 0 Å². The van der Waals surface area contributed by atoms with Crippen molar-refractivity contribution >= 4 is 16.9 Å². The van der Waals surface area contributed by atoms with E-state index in [-0.39, 0.29) is 34.6 Å². The highest BCUT2D eigenvalue weighted by Gasteiger charge is 2.39. The topological polar surface area (TPSA) is 84.2 Å². The molecule has 1 heterocycles. The van der Waals surface area contributed by atoms with Crippen LogP contribution in [0.15, 0.2) is 45.6 Å². The van der Waals surface area contributed by atoms with Crippen molar-refractivity contribution in [1.82, 2.24) is 0 Å². The quantitative estimate of drug-likeness (QED) is 0.307. The Morgan fingerprint density at radius 3 is 2.41 bits per heavy atom. The average molecular weight is 480 g/mol. The largest absolute Gasteiger partial charge is 0.493 e. The predicted molar refractivity (Wildman–Crippen MR) is 117 cm³/mol. The summed E-state index contributed by atoms with van der Waals surface area (Å²) in [6, 6.07) is 7.76. The van der Waals surface area contributed by atoms with Gasteiger partial charge in [-0.2, -0.15) is 13.2 Å². The Balaban J connectivity index is 2.03. The first-order chi connectivity index (χ1) is 16.2. The summed E-state index contributed by atoms with van der Waals surface area (Å²) in [4.78, 5) is 24.8. The van der Waals surface area contributed by atoms with Crippen LogP contribution in [0.25, 0.3) is 22.1 Å². The molecule has 10 heteroatoms. The number of hydrogen-bond acceptors (Lipinski definition) is 7. The Bertz CT molecular complexity index is 1230. The zero-order valence-corrected chi connectivity index (χ0v) is 18.8. The van der Waals surface area contributed by atoms with E-state index in [1.807, 2.05) is 6.92 Å². The van der Waals surface area contributed by atoms with Crippen LogP contribution in [0.4, 0.5) is 13.2 Å². The van der Waals surface area contributed by atoms with Crippen molar-refractivity contribution in [2.75, 3.05) is 27.4 Å². The minimum atomic E-state index is -4.96. The van der Waals surface area contributed by atoms with E-state index in [1.165, 1.54) is 44.6 Å². The molecule has 0 spiro atoms. The lowest BCUT2D eigenvalue weighted by atomic mass is 10.0. The number of esters is 1. The van der Waals surface area contributed by atoms with Gasteiger partial charge in [-0.25, -0.2) is 4.79 Å². The van der Waals surface area contributed by atoms with Gasteiger partial charge < -0.3 is 23.4 Å². The first-order valence-corrected chi connectivity index (χ1v) is 10.4. The summed E-state index contributed by atoms with van der Waals surface area (Å²) < 4.78 is 67.4. The second-order valence-corrected chi connectivity index (χ2v) is 7.22. The maximum atomic E-state index is 13.9. The number of hydrogen-bond donors (Lipinski definition) is 0. The number of carbonyl (C=O) groups is 1. The van der Waals surface area contributed by atoms with E-state index in [1.54, 1.807) is 0 Å². The molecule has 0 bridgehead atoms. The summed E-state index contributed by atoms with van der Waals surface area (Å²) in [6.45, 7) is 1.76. The summed E-state index contributed by atoms with van der Waals surface area (Å²) >= 11 is 0. The number of halogens is 3. The number of ether oxygens (including phenoxy) is 4. The summed E-state index contributed by atoms with van der Waals surface area (Å²) in [7, 11) is 2.71. The zero-order chi connectivity index (χ0) is 24.9. The fraction of sp³-hybridized carbons (Fsp3) is 0.333. The summed E-state index contributed by atoms with van der Waals surface area (Å²) in [5, 5.41) is -0.0874. The first kappa shape index (κ1) is 24.9. The third-order valence-corrected chi connectivity index (χ3v) is 4.91. The van der Waals surface area contributed by atoms with Gasteiger partial charge in [0.1, 0.15) is 11.3 Å². The molecule has 0 aliphatic rings. The van der Waals surface area contributed by atoms with Gasteiger partial charge in [0.25, 0.3) is 0 Å². The molecule has 0 unspecified atom stereocenters. The van der Waals surface area contributed by atoms with Crippen molar-refractivity contribution in [2.24, 2.45) is 0 Å². The Labute approximate surface area is 193 Å². The van der Waals surface area contributed by atoms with Gasteiger partial charge in [-0.15, -0.1) is 0 Å². The minimum absolute atomic E-state index is 0.0456. The smallest absolute Gasteiger partial charge is 0.450 e. The van der Waals surface area contributed by atoms with Crippen molar-refractivity contribution in [3.05, 3.63) is 52.4 Å². The molecule has 0 saturated heterocycles. The molecule has 0 fully saturated rings. The fourth-order valence-corrected chi connectivity index (χ4v) is 3.23. The maximum Gasteiger partial charge on any atom is 0.450 e. The maximum absolute atomic E-state index is 13.9. The van der Waals surface area contributed by atoms with Crippen LogP contribution in [0.5, 0.6) is 17.2 Å². The van der Waals surface area contributed by atoms with Crippen molar-refractivity contribution in [2.45, 2.75) is 25.9 Å². The Morgan fingerprint density at radius 2 is 1.76 bits per heavy atom. The van der Waals surface area contributed by atoms with Crippen molar-refractivity contribution in [3.63, 3.8) is 0 Å². The number of rotatable bonds is 9. The van der Waals surface area contributed by atoms with Gasteiger partial charge in [-0.05, 0) is 36.2 Å². The number of fused-ring (bicyclic) bond motifs is 1. The molecule has 0 amide bonds. The molecule has 1 aromatic heterocycles. The normalized spacial score (nSPS) is 11.4. The van der Waals surface area contributed by atoms with Crippen LogP contribution >= 0.6 is 0 Å². The number of alkyl halides is 3. The molecule has 3 rings (SSSR count). The van der Waals surface area contributed by atoms with E-state index in [2.05, 4.69) is 0 Å². The van der Waals surface area contributed by atoms with Gasteiger partial charge in [0.05, 0.1) is 31.8 Å². The zero-order valence-electron chi connectivity index (χ0n) is 18.8. The SMILES string of the molecule is CCCCOC(=O)COc1ccc2c(=O)c(-c3ccc(OC)c(OC)c3)c(C(F)(F)F)oc2c1. The molecule has 0 atom stereocenters. The van der Waals surface area contributed by atoms with Gasteiger partial charge >= 0.3 is 12.1 Å². The van der Waals surface area contributed by atoms with Gasteiger partial charge in [-0.3, -0.25) is 4.79 Å². The molecule has 0 N–H and O–H groups in total. The van der Waals surface area contributed by atoms with E-state index >= 15 is 0 Å². The van der Waals surface area contributed by atoms with Crippen LogP contribution in [0.2, 0.25) is 0 Å². The second-order valence-electron chi connectivity index (χ2n) is 7.22. The first-order valence-electron chi connectivity index (χ1n) is 10.4. The lowest BCUT2D eigenvalue weighted by Gasteiger charge is -2.15. The lowest BCUT2D eigenvalue weighted by molar-refractivity contribution is -0.152. The highest BCUT2D eigenvalue weighted by atomic mass is 19.4. The average Bonchev–Trinajstić information content (AvgIpc) is 2.81. The molecule has 2 aromatic carbocycles. The Hall–Kier alpha value is -3.69. The monoisotopic (exact) mass is 480 g/mol. The molecule has 3 aromatic rings. The molecule has 7 nitrogen and oxygen atoms in total. The van der Waals surface area contributed by atoms with E-state index in [9.17, 15) is 22.8 Å². The Kier molecular flexibility index (Phi) is 7.70. The molecule has 182 valence electrons. The molecule has 0 saturated carbocycles. The standard InChI is InChI=1S/C24H23F3O7/c1-4-5-10-32-20(28)13-33-15-7-8-16-18(12-15)34-23(24(25,26)27)21(22(16)29)14-6-9-17(30-2)19(11-14)31-3/h6-9,11-12H,4-5,10,13H2,1-3H3. The fourth-order valence-electron chi connectivity index (χ4n) is 3.23. The van der Waals surface area contributed by atoms with Crippen LogP contribution in [0.1, 0.15) is 25.5 Å². The highest BCUT2D eigenvalue weighted by molar-refractivity contribution is 5.84. The Morgan fingerprint density at radius 1 is 1.03 bits per heavy atom. The molecule has 34 heavy (non-hydrogen) atoms. The predicted octanol–water partition coefficient (Wildman–Crippen LogP) is 5.22. The van der Waals surface area contributed by atoms with Gasteiger partial charge in [0, 0.05) is 6.07 Å². The molecular weight excluding hydrogens is 457 g/mol. The van der Waals surface area contributed by atoms with Crippen molar-refractivity contribution in [1.29, 1.82) is 0 Å².